The second-order valence-electron chi connectivity index (χ2n) is 6.85. The normalized spacial score (nSPS) is 14.9. The average molecular weight is 345 g/mol. The number of carbonyl (C=O) groups excluding carboxylic acids is 1. The highest BCUT2D eigenvalue weighted by atomic mass is 16.2. The van der Waals surface area contributed by atoms with Crippen LogP contribution >= 0.6 is 0 Å². The maximum atomic E-state index is 12.7. The van der Waals surface area contributed by atoms with Gasteiger partial charge in [-0.3, -0.25) is 4.79 Å². The molecule has 1 amide bonds. The minimum Gasteiger partial charge on any atom is -0.310 e. The first-order valence-electron chi connectivity index (χ1n) is 9.33. The molecule has 0 radical (unpaired) electrons. The predicted octanol–water partition coefficient (Wildman–Crippen LogP) is 5.06. The largest absolute Gasteiger partial charge is 0.310 e. The summed E-state index contributed by atoms with van der Waals surface area (Å²) >= 11 is 0. The van der Waals surface area contributed by atoms with Crippen LogP contribution in [0.25, 0.3) is 16.9 Å². The second-order valence-corrected chi connectivity index (χ2v) is 6.85. The van der Waals surface area contributed by atoms with Crippen molar-refractivity contribution in [3.05, 3.63) is 66.7 Å². The smallest absolute Gasteiger partial charge is 0.228 e. The Labute approximate surface area is 153 Å². The lowest BCUT2D eigenvalue weighted by Crippen LogP contribution is -2.25. The van der Waals surface area contributed by atoms with Gasteiger partial charge in [-0.2, -0.15) is 5.10 Å². The Morgan fingerprint density at radius 1 is 0.923 bits per heavy atom. The Morgan fingerprint density at radius 3 is 2.27 bits per heavy atom. The molecule has 1 aromatic heterocycles. The Kier molecular flexibility index (Phi) is 4.82. The van der Waals surface area contributed by atoms with Crippen molar-refractivity contribution in [3.8, 4) is 16.9 Å². The van der Waals surface area contributed by atoms with E-state index < -0.39 is 0 Å². The highest BCUT2D eigenvalue weighted by Crippen LogP contribution is 2.28. The van der Waals surface area contributed by atoms with Crippen LogP contribution in [-0.2, 0) is 4.79 Å². The Balaban J connectivity index is 1.67. The number of hydrogen-bond acceptors (Lipinski definition) is 2. The molecule has 1 aliphatic carbocycles. The van der Waals surface area contributed by atoms with E-state index in [1.807, 2.05) is 71.4 Å². The average Bonchev–Trinajstić information content (AvgIpc) is 3.14. The summed E-state index contributed by atoms with van der Waals surface area (Å²) in [5.41, 5.74) is 2.83. The van der Waals surface area contributed by atoms with Gasteiger partial charge in [0.25, 0.3) is 0 Å². The number of benzene rings is 2. The quantitative estimate of drug-likeness (QED) is 0.718. The van der Waals surface area contributed by atoms with Gasteiger partial charge < -0.3 is 5.32 Å². The number of aromatic nitrogens is 2. The number of carbonyl (C=O) groups is 1. The molecule has 4 nitrogen and oxygen atoms in total. The van der Waals surface area contributed by atoms with E-state index in [1.54, 1.807) is 0 Å². The minimum atomic E-state index is 0.112. The van der Waals surface area contributed by atoms with Crippen LogP contribution in [0.4, 0.5) is 5.82 Å². The summed E-state index contributed by atoms with van der Waals surface area (Å²) in [5, 5.41) is 7.88. The molecule has 0 bridgehead atoms. The highest BCUT2D eigenvalue weighted by molar-refractivity contribution is 5.92. The van der Waals surface area contributed by atoms with Crippen molar-refractivity contribution in [2.75, 3.05) is 5.32 Å². The van der Waals surface area contributed by atoms with Gasteiger partial charge >= 0.3 is 0 Å². The summed E-state index contributed by atoms with van der Waals surface area (Å²) in [5.74, 6) is 0.954. The first-order valence-corrected chi connectivity index (χ1v) is 9.33. The number of para-hydroxylation sites is 1. The summed E-state index contributed by atoms with van der Waals surface area (Å²) in [6.07, 6.45) is 5.49. The molecule has 1 aliphatic rings. The van der Waals surface area contributed by atoms with E-state index in [1.165, 1.54) is 6.42 Å². The van der Waals surface area contributed by atoms with Crippen LogP contribution in [0.1, 0.15) is 32.1 Å². The third-order valence-corrected chi connectivity index (χ3v) is 5.01. The zero-order chi connectivity index (χ0) is 17.8. The van der Waals surface area contributed by atoms with Crippen molar-refractivity contribution >= 4 is 11.7 Å². The number of amides is 1. The van der Waals surface area contributed by atoms with Crippen LogP contribution in [0, 0.1) is 5.92 Å². The highest BCUT2D eigenvalue weighted by Gasteiger charge is 2.23. The Hall–Kier alpha value is -2.88. The van der Waals surface area contributed by atoms with Crippen LogP contribution < -0.4 is 5.32 Å². The monoisotopic (exact) mass is 345 g/mol. The van der Waals surface area contributed by atoms with Gasteiger partial charge in [0.1, 0.15) is 5.82 Å². The fourth-order valence-electron chi connectivity index (χ4n) is 3.58. The number of nitrogens with zero attached hydrogens (tertiary/aromatic N) is 2. The van der Waals surface area contributed by atoms with E-state index in [9.17, 15) is 4.79 Å². The van der Waals surface area contributed by atoms with Crippen molar-refractivity contribution < 1.29 is 4.79 Å². The van der Waals surface area contributed by atoms with E-state index in [-0.39, 0.29) is 11.8 Å². The van der Waals surface area contributed by atoms with Gasteiger partial charge in [-0.1, -0.05) is 67.8 Å². The zero-order valence-electron chi connectivity index (χ0n) is 14.8. The van der Waals surface area contributed by atoms with Crippen molar-refractivity contribution in [2.24, 2.45) is 5.92 Å². The number of anilines is 1. The Bertz CT molecular complexity index is 865. The molecule has 132 valence electrons. The molecule has 0 unspecified atom stereocenters. The fourth-order valence-corrected chi connectivity index (χ4v) is 3.58. The van der Waals surface area contributed by atoms with Gasteiger partial charge in [0.2, 0.25) is 5.91 Å². The fraction of sp³-hybridized carbons (Fsp3) is 0.273. The van der Waals surface area contributed by atoms with E-state index in [2.05, 4.69) is 5.32 Å². The lowest BCUT2D eigenvalue weighted by molar-refractivity contribution is -0.120. The van der Waals surface area contributed by atoms with Gasteiger partial charge in [0.05, 0.1) is 11.4 Å². The molecule has 2 aromatic carbocycles. The third kappa shape index (κ3) is 3.54. The van der Waals surface area contributed by atoms with Gasteiger partial charge in [0.15, 0.2) is 0 Å². The summed E-state index contributed by atoms with van der Waals surface area (Å²) in [4.78, 5) is 12.7. The summed E-state index contributed by atoms with van der Waals surface area (Å²) in [6, 6.07) is 21.9. The summed E-state index contributed by atoms with van der Waals surface area (Å²) in [7, 11) is 0. The van der Waals surface area contributed by atoms with Crippen molar-refractivity contribution in [1.29, 1.82) is 0 Å². The molecule has 0 aliphatic heterocycles. The van der Waals surface area contributed by atoms with Crippen LogP contribution in [-0.4, -0.2) is 15.7 Å². The molecule has 0 spiro atoms. The molecule has 0 saturated heterocycles. The van der Waals surface area contributed by atoms with Gasteiger partial charge in [-0.25, -0.2) is 4.68 Å². The first-order chi connectivity index (χ1) is 12.8. The zero-order valence-corrected chi connectivity index (χ0v) is 14.8. The first kappa shape index (κ1) is 16.6. The lowest BCUT2D eigenvalue weighted by Gasteiger charge is -2.20. The molecular formula is C22H23N3O. The van der Waals surface area contributed by atoms with Gasteiger partial charge in [-0.05, 0) is 25.0 Å². The molecule has 1 N–H and O–H groups in total. The summed E-state index contributed by atoms with van der Waals surface area (Å²) < 4.78 is 1.82. The molecule has 1 saturated carbocycles. The standard InChI is InChI=1S/C22H23N3O/c26-22(18-12-6-2-7-13-18)23-21-16-20(17-10-4-1-5-11-17)24-25(21)19-14-8-3-9-15-19/h1,3-5,8-11,14-16,18H,2,6-7,12-13H2,(H,23,26). The molecule has 4 rings (SSSR count). The molecule has 4 heteroatoms. The Morgan fingerprint density at radius 2 is 1.58 bits per heavy atom. The predicted molar refractivity (Wildman–Crippen MR) is 104 cm³/mol. The van der Waals surface area contributed by atoms with Gasteiger partial charge in [0, 0.05) is 17.5 Å². The minimum absolute atomic E-state index is 0.112. The molecule has 0 atom stereocenters. The maximum absolute atomic E-state index is 12.7. The van der Waals surface area contributed by atoms with Crippen LogP contribution in [0.2, 0.25) is 0 Å². The third-order valence-electron chi connectivity index (χ3n) is 5.01. The van der Waals surface area contributed by atoms with Gasteiger partial charge in [-0.15, -0.1) is 0 Å². The molecular weight excluding hydrogens is 322 g/mol. The molecule has 26 heavy (non-hydrogen) atoms. The van der Waals surface area contributed by atoms with Crippen LogP contribution in [0.15, 0.2) is 66.7 Å². The van der Waals surface area contributed by atoms with Crippen molar-refractivity contribution in [3.63, 3.8) is 0 Å². The lowest BCUT2D eigenvalue weighted by atomic mass is 9.89. The number of hydrogen-bond donors (Lipinski definition) is 1. The molecule has 3 aromatic rings. The summed E-state index contributed by atoms with van der Waals surface area (Å²) in [6.45, 7) is 0. The molecule has 1 fully saturated rings. The van der Waals surface area contributed by atoms with Crippen LogP contribution in [0.5, 0.6) is 0 Å². The molecule has 1 heterocycles. The van der Waals surface area contributed by atoms with Crippen molar-refractivity contribution in [1.82, 2.24) is 9.78 Å². The van der Waals surface area contributed by atoms with E-state index >= 15 is 0 Å². The maximum Gasteiger partial charge on any atom is 0.228 e. The van der Waals surface area contributed by atoms with E-state index in [0.717, 1.165) is 48.4 Å². The van der Waals surface area contributed by atoms with Crippen LogP contribution in [0.3, 0.4) is 0 Å². The SMILES string of the molecule is O=C(Nc1cc(-c2ccccc2)nn1-c1ccccc1)C1CCCCC1. The van der Waals surface area contributed by atoms with Crippen molar-refractivity contribution in [2.45, 2.75) is 32.1 Å². The topological polar surface area (TPSA) is 46.9 Å². The number of nitrogens with one attached hydrogen (secondary N) is 1. The second kappa shape index (κ2) is 7.56. The number of rotatable bonds is 4. The van der Waals surface area contributed by atoms with E-state index in [4.69, 9.17) is 5.10 Å². The van der Waals surface area contributed by atoms with E-state index in [0.29, 0.717) is 0 Å².